The summed E-state index contributed by atoms with van der Waals surface area (Å²) in [6.45, 7) is 13.9. The van der Waals surface area contributed by atoms with Crippen LogP contribution in [0.1, 0.15) is 107 Å². The quantitative estimate of drug-likeness (QED) is 0.379. The fourth-order valence-corrected chi connectivity index (χ4v) is 10.0. The van der Waals surface area contributed by atoms with E-state index in [1.54, 1.807) is 5.57 Å². The molecule has 0 aromatic heterocycles. The van der Waals surface area contributed by atoms with Gasteiger partial charge in [-0.2, -0.15) is 0 Å². The van der Waals surface area contributed by atoms with E-state index in [1.165, 1.54) is 51.4 Å². The second-order valence-corrected chi connectivity index (χ2v) is 13.1. The molecule has 0 aromatic rings. The molecule has 0 bridgehead atoms. The summed E-state index contributed by atoms with van der Waals surface area (Å²) in [6, 6.07) is 0. The lowest BCUT2D eigenvalue weighted by molar-refractivity contribution is -0.272. The van der Waals surface area contributed by atoms with Gasteiger partial charge in [0.05, 0.1) is 18.8 Å². The Morgan fingerprint density at radius 2 is 1.82 bits per heavy atom. The lowest BCUT2D eigenvalue weighted by Gasteiger charge is -2.58. The van der Waals surface area contributed by atoms with Crippen LogP contribution in [0.3, 0.4) is 0 Å². The normalized spacial score (nSPS) is 53.5. The van der Waals surface area contributed by atoms with Gasteiger partial charge >= 0.3 is 0 Å². The summed E-state index contributed by atoms with van der Waals surface area (Å²) in [6.07, 6.45) is 15.0. The molecule has 0 N–H and O–H groups in total. The summed E-state index contributed by atoms with van der Waals surface area (Å²) in [7, 11) is 0. The predicted molar refractivity (Wildman–Crippen MR) is 141 cm³/mol. The minimum atomic E-state index is -0.282. The van der Waals surface area contributed by atoms with Crippen molar-refractivity contribution in [2.75, 3.05) is 13.2 Å². The molecule has 0 aromatic carbocycles. The number of hydrogen-bond donors (Lipinski definition) is 0. The van der Waals surface area contributed by atoms with Crippen molar-refractivity contribution in [2.45, 2.75) is 125 Å². The first-order valence-corrected chi connectivity index (χ1v) is 13.9. The zero-order valence-electron chi connectivity index (χ0n) is 21.2. The van der Waals surface area contributed by atoms with E-state index in [9.17, 15) is 0 Å². The first kappa shape index (κ1) is 26.7. The summed E-state index contributed by atoms with van der Waals surface area (Å²) in [5.41, 5.74) is 2.57. The standard InChI is InChI=1S/C29H46O3.2CH4/c1-6-30-21-10-12-27(4)20(15-21)7-8-22-23(27)11-13-28(5)24(22)16-25-26(28)19(3)29(32-25)14-9-18(2)17-31-29;;/h7,18-19,21-26H,6,8-17H2,1-5H3;2*1H4/t18-,19+,21+,22-,23+,24+,25+,26+,27+,28+,29-;;/m1../s1. The fourth-order valence-electron chi connectivity index (χ4n) is 10.0. The van der Waals surface area contributed by atoms with E-state index in [0.29, 0.717) is 40.8 Å². The monoisotopic (exact) mass is 474 g/mol. The lowest BCUT2D eigenvalue weighted by Crippen LogP contribution is -2.52. The number of ether oxygens (including phenoxy) is 3. The highest BCUT2D eigenvalue weighted by atomic mass is 16.7. The molecule has 11 atom stereocenters. The summed E-state index contributed by atoms with van der Waals surface area (Å²) in [5.74, 6) is 4.12. The van der Waals surface area contributed by atoms with Gasteiger partial charge in [-0.1, -0.05) is 54.2 Å². The molecular formula is C31H54O3. The van der Waals surface area contributed by atoms with Crippen LogP contribution >= 0.6 is 0 Å². The topological polar surface area (TPSA) is 27.7 Å². The Hall–Kier alpha value is -0.380. The molecule has 0 radical (unpaired) electrons. The number of fused-ring (bicyclic) bond motifs is 7. The third kappa shape index (κ3) is 3.61. The molecule has 34 heavy (non-hydrogen) atoms. The minimum absolute atomic E-state index is 0. The third-order valence-electron chi connectivity index (χ3n) is 11.7. The Morgan fingerprint density at radius 1 is 1.03 bits per heavy atom. The van der Waals surface area contributed by atoms with Crippen molar-refractivity contribution in [3.05, 3.63) is 11.6 Å². The van der Waals surface area contributed by atoms with Gasteiger partial charge in [-0.15, -0.1) is 0 Å². The second-order valence-electron chi connectivity index (χ2n) is 13.1. The molecule has 5 fully saturated rings. The van der Waals surface area contributed by atoms with E-state index in [1.807, 2.05) is 0 Å². The molecule has 0 amide bonds. The van der Waals surface area contributed by atoms with Gasteiger partial charge < -0.3 is 14.2 Å². The van der Waals surface area contributed by atoms with Crippen molar-refractivity contribution in [1.29, 1.82) is 0 Å². The largest absolute Gasteiger partial charge is 0.378 e. The van der Waals surface area contributed by atoms with Gasteiger partial charge in [0, 0.05) is 18.9 Å². The summed E-state index contributed by atoms with van der Waals surface area (Å²) in [4.78, 5) is 0. The maximum atomic E-state index is 6.93. The van der Waals surface area contributed by atoms with E-state index in [4.69, 9.17) is 14.2 Å². The Kier molecular flexibility index (Phi) is 7.20. The van der Waals surface area contributed by atoms with Gasteiger partial charge in [0.25, 0.3) is 0 Å². The second kappa shape index (κ2) is 9.18. The van der Waals surface area contributed by atoms with Gasteiger partial charge in [-0.05, 0) is 98.7 Å². The maximum absolute atomic E-state index is 6.93. The van der Waals surface area contributed by atoms with Crippen LogP contribution in [-0.4, -0.2) is 31.2 Å². The van der Waals surface area contributed by atoms with Crippen LogP contribution in [0.4, 0.5) is 0 Å². The molecule has 196 valence electrons. The van der Waals surface area contributed by atoms with Crippen molar-refractivity contribution in [3.63, 3.8) is 0 Å². The fraction of sp³-hybridized carbons (Fsp3) is 0.935. The van der Waals surface area contributed by atoms with E-state index in [-0.39, 0.29) is 20.6 Å². The zero-order chi connectivity index (χ0) is 22.3. The first-order valence-electron chi connectivity index (χ1n) is 13.9. The molecule has 6 rings (SSSR count). The van der Waals surface area contributed by atoms with Crippen molar-refractivity contribution in [2.24, 2.45) is 46.3 Å². The van der Waals surface area contributed by atoms with Gasteiger partial charge in [0.1, 0.15) is 0 Å². The Bertz CT molecular complexity index is 767. The number of allylic oxidation sites excluding steroid dienone is 1. The van der Waals surface area contributed by atoms with E-state index in [0.717, 1.165) is 37.4 Å². The van der Waals surface area contributed by atoms with Crippen LogP contribution in [0.25, 0.3) is 0 Å². The van der Waals surface area contributed by atoms with Gasteiger partial charge in [-0.25, -0.2) is 0 Å². The molecule has 1 spiro atoms. The Balaban J connectivity index is 0.00000137. The molecule has 0 unspecified atom stereocenters. The molecule has 2 saturated heterocycles. The highest BCUT2D eigenvalue weighted by molar-refractivity contribution is 5.26. The molecule has 6 aliphatic rings. The lowest BCUT2D eigenvalue weighted by atomic mass is 9.47. The van der Waals surface area contributed by atoms with Crippen LogP contribution in [0.5, 0.6) is 0 Å². The van der Waals surface area contributed by atoms with E-state index < -0.39 is 0 Å². The minimum Gasteiger partial charge on any atom is -0.378 e. The summed E-state index contributed by atoms with van der Waals surface area (Å²) >= 11 is 0. The van der Waals surface area contributed by atoms with Crippen LogP contribution in [0, 0.1) is 46.3 Å². The van der Waals surface area contributed by atoms with Gasteiger partial charge in [0.2, 0.25) is 0 Å². The van der Waals surface area contributed by atoms with Crippen molar-refractivity contribution < 1.29 is 14.2 Å². The van der Waals surface area contributed by atoms with Crippen molar-refractivity contribution in [1.82, 2.24) is 0 Å². The SMILES string of the molecule is C.C.CCO[C@H]1CC[C@@]2(C)C(=CC[C@H]3[C@@H]4C[C@@H]5O[C@]6(CC[C@@H](C)CO6)[C@@H](C)[C@@H]5[C@@]4(C)CC[C@@H]32)C1. The number of rotatable bonds is 2. The van der Waals surface area contributed by atoms with Crippen LogP contribution in [0.2, 0.25) is 0 Å². The summed E-state index contributed by atoms with van der Waals surface area (Å²) < 4.78 is 19.5. The Labute approximate surface area is 210 Å². The van der Waals surface area contributed by atoms with Gasteiger partial charge in [-0.3, -0.25) is 0 Å². The third-order valence-corrected chi connectivity index (χ3v) is 11.7. The highest BCUT2D eigenvalue weighted by Gasteiger charge is 2.68. The smallest absolute Gasteiger partial charge is 0.171 e. The highest BCUT2D eigenvalue weighted by Crippen LogP contribution is 2.70. The molecule has 3 saturated carbocycles. The zero-order valence-corrected chi connectivity index (χ0v) is 21.2. The van der Waals surface area contributed by atoms with Crippen LogP contribution in [0.15, 0.2) is 11.6 Å². The van der Waals surface area contributed by atoms with E-state index in [2.05, 4.69) is 40.7 Å². The van der Waals surface area contributed by atoms with Crippen LogP contribution in [-0.2, 0) is 14.2 Å². The average molecular weight is 475 g/mol. The molecule has 4 aliphatic carbocycles. The Morgan fingerprint density at radius 3 is 2.53 bits per heavy atom. The van der Waals surface area contributed by atoms with E-state index >= 15 is 0 Å². The average Bonchev–Trinajstić information content (AvgIpc) is 3.21. The number of hydrogen-bond acceptors (Lipinski definition) is 3. The first-order chi connectivity index (χ1) is 15.3. The van der Waals surface area contributed by atoms with Crippen molar-refractivity contribution in [3.8, 4) is 0 Å². The molecule has 2 heterocycles. The van der Waals surface area contributed by atoms with Gasteiger partial charge in [0.15, 0.2) is 5.79 Å². The predicted octanol–water partition coefficient (Wildman–Crippen LogP) is 8.03. The van der Waals surface area contributed by atoms with Crippen LogP contribution < -0.4 is 0 Å². The molecule has 3 nitrogen and oxygen atoms in total. The molecule has 3 heteroatoms. The molecular weight excluding hydrogens is 420 g/mol. The maximum Gasteiger partial charge on any atom is 0.171 e. The molecule has 2 aliphatic heterocycles. The summed E-state index contributed by atoms with van der Waals surface area (Å²) in [5, 5.41) is 0. The van der Waals surface area contributed by atoms with Crippen molar-refractivity contribution >= 4 is 0 Å².